The van der Waals surface area contributed by atoms with Gasteiger partial charge in [-0.15, -0.1) is 0 Å². The number of hydrogen-bond donors (Lipinski definition) is 2. The maximum atomic E-state index is 12.8. The Labute approximate surface area is 136 Å². The number of carbonyl (C=O) groups is 1. The molecule has 8 heteroatoms. The molecule has 0 unspecified atom stereocenters. The molecule has 2 amide bonds. The molecule has 23 heavy (non-hydrogen) atoms. The Hall–Kier alpha value is -2.67. The molecule has 0 aromatic heterocycles. The number of halogens is 2. The van der Waals surface area contributed by atoms with E-state index >= 15 is 0 Å². The van der Waals surface area contributed by atoms with Crippen LogP contribution in [0.4, 0.5) is 20.6 Å². The van der Waals surface area contributed by atoms with Gasteiger partial charge >= 0.3 is 6.03 Å². The van der Waals surface area contributed by atoms with Gasteiger partial charge < -0.3 is 10.6 Å². The second-order valence-corrected chi connectivity index (χ2v) is 5.09. The molecule has 0 aliphatic heterocycles. The van der Waals surface area contributed by atoms with E-state index in [9.17, 15) is 19.3 Å². The van der Waals surface area contributed by atoms with Crippen molar-refractivity contribution in [3.05, 3.63) is 69.0 Å². The van der Waals surface area contributed by atoms with Gasteiger partial charge in [0.25, 0.3) is 5.69 Å². The summed E-state index contributed by atoms with van der Waals surface area (Å²) in [6, 6.07) is 9.19. The zero-order valence-electron chi connectivity index (χ0n) is 11.9. The van der Waals surface area contributed by atoms with E-state index in [0.29, 0.717) is 13.0 Å². The summed E-state index contributed by atoms with van der Waals surface area (Å²) in [5.41, 5.74) is 0.858. The molecule has 0 saturated carbocycles. The number of nitro groups is 1. The Balaban J connectivity index is 1.88. The van der Waals surface area contributed by atoms with E-state index in [4.69, 9.17) is 11.6 Å². The van der Waals surface area contributed by atoms with Crippen molar-refractivity contribution in [2.24, 2.45) is 0 Å². The molecule has 0 atom stereocenters. The lowest BCUT2D eigenvalue weighted by Crippen LogP contribution is -2.30. The molecular formula is C15H13ClFN3O3. The average molecular weight is 338 g/mol. The third-order valence-electron chi connectivity index (χ3n) is 3.02. The van der Waals surface area contributed by atoms with E-state index in [1.807, 2.05) is 0 Å². The molecule has 2 N–H and O–H groups in total. The fraction of sp³-hybridized carbons (Fsp3) is 0.133. The predicted octanol–water partition coefficient (Wildman–Crippen LogP) is 3.75. The highest BCUT2D eigenvalue weighted by Crippen LogP contribution is 2.26. The molecular weight excluding hydrogens is 325 g/mol. The molecule has 6 nitrogen and oxygen atoms in total. The summed E-state index contributed by atoms with van der Waals surface area (Å²) in [6.45, 7) is 0.323. The van der Waals surface area contributed by atoms with Gasteiger partial charge in [-0.2, -0.15) is 0 Å². The van der Waals surface area contributed by atoms with Gasteiger partial charge in [-0.3, -0.25) is 10.1 Å². The minimum absolute atomic E-state index is 0.153. The third kappa shape index (κ3) is 4.93. The van der Waals surface area contributed by atoms with Crippen molar-refractivity contribution in [1.82, 2.24) is 5.32 Å². The van der Waals surface area contributed by atoms with Gasteiger partial charge in [-0.05, 0) is 30.2 Å². The summed E-state index contributed by atoms with van der Waals surface area (Å²) in [5, 5.41) is 16.0. The molecule has 0 heterocycles. The highest BCUT2D eigenvalue weighted by atomic mass is 35.5. The van der Waals surface area contributed by atoms with Gasteiger partial charge in [-0.25, -0.2) is 9.18 Å². The number of non-ortho nitro benzene ring substituents is 1. The highest BCUT2D eigenvalue weighted by Gasteiger charge is 2.11. The number of nitrogens with zero attached hydrogens (tertiary/aromatic N) is 1. The Morgan fingerprint density at radius 1 is 1.22 bits per heavy atom. The van der Waals surface area contributed by atoms with E-state index in [1.165, 1.54) is 30.3 Å². The molecule has 0 radical (unpaired) electrons. The zero-order valence-corrected chi connectivity index (χ0v) is 12.6. The lowest BCUT2D eigenvalue weighted by Gasteiger charge is -2.09. The van der Waals surface area contributed by atoms with E-state index in [-0.39, 0.29) is 22.2 Å². The molecule has 0 spiro atoms. The van der Waals surface area contributed by atoms with Crippen LogP contribution in [0.15, 0.2) is 42.5 Å². The van der Waals surface area contributed by atoms with Crippen LogP contribution in [-0.2, 0) is 6.42 Å². The second kappa shape index (κ2) is 7.55. The zero-order chi connectivity index (χ0) is 16.8. The van der Waals surface area contributed by atoms with Crippen molar-refractivity contribution < 1.29 is 14.1 Å². The first-order valence-corrected chi connectivity index (χ1v) is 7.07. The normalized spacial score (nSPS) is 10.2. The van der Waals surface area contributed by atoms with Crippen molar-refractivity contribution in [2.45, 2.75) is 6.42 Å². The van der Waals surface area contributed by atoms with Crippen LogP contribution in [0.1, 0.15) is 5.56 Å². The predicted molar refractivity (Wildman–Crippen MR) is 85.2 cm³/mol. The van der Waals surface area contributed by atoms with E-state index < -0.39 is 11.0 Å². The number of benzene rings is 2. The maximum absolute atomic E-state index is 12.8. The Kier molecular flexibility index (Phi) is 5.48. The van der Waals surface area contributed by atoms with Crippen molar-refractivity contribution >= 4 is 29.0 Å². The van der Waals surface area contributed by atoms with Gasteiger partial charge in [0.1, 0.15) is 5.82 Å². The molecule has 2 aromatic carbocycles. The number of nitrogens with one attached hydrogen (secondary N) is 2. The standard InChI is InChI=1S/C15H13ClFN3O3/c16-13-6-5-12(20(22)23)9-14(13)19-15(21)18-8-7-10-1-3-11(17)4-2-10/h1-6,9H,7-8H2,(H2,18,19,21). The average Bonchev–Trinajstić information content (AvgIpc) is 2.51. The van der Waals surface area contributed by atoms with Crippen molar-refractivity contribution in [1.29, 1.82) is 0 Å². The molecule has 0 aliphatic carbocycles. The van der Waals surface area contributed by atoms with Gasteiger partial charge in [-0.1, -0.05) is 23.7 Å². The number of rotatable bonds is 5. The Morgan fingerprint density at radius 3 is 2.57 bits per heavy atom. The van der Waals surface area contributed by atoms with Crippen LogP contribution >= 0.6 is 11.6 Å². The summed E-state index contributed by atoms with van der Waals surface area (Å²) in [7, 11) is 0. The topological polar surface area (TPSA) is 84.3 Å². The van der Waals surface area contributed by atoms with Gasteiger partial charge in [0.2, 0.25) is 0 Å². The lowest BCUT2D eigenvalue weighted by molar-refractivity contribution is -0.384. The fourth-order valence-electron chi connectivity index (χ4n) is 1.86. The SMILES string of the molecule is O=C(NCCc1ccc(F)cc1)Nc1cc([N+](=O)[O-])ccc1Cl. The van der Waals surface area contributed by atoms with Crippen LogP contribution in [0.5, 0.6) is 0 Å². The minimum Gasteiger partial charge on any atom is -0.338 e. The smallest absolute Gasteiger partial charge is 0.319 e. The number of carbonyl (C=O) groups excluding carboxylic acids is 1. The first-order chi connectivity index (χ1) is 11.0. The van der Waals surface area contributed by atoms with Crippen LogP contribution in [0.3, 0.4) is 0 Å². The van der Waals surface area contributed by atoms with Gasteiger partial charge in [0, 0.05) is 18.7 Å². The third-order valence-corrected chi connectivity index (χ3v) is 3.35. The van der Waals surface area contributed by atoms with E-state index in [2.05, 4.69) is 10.6 Å². The number of urea groups is 1. The van der Waals surface area contributed by atoms with E-state index in [0.717, 1.165) is 5.56 Å². The number of hydrogen-bond acceptors (Lipinski definition) is 3. The fourth-order valence-corrected chi connectivity index (χ4v) is 2.03. The summed E-state index contributed by atoms with van der Waals surface area (Å²) in [6.07, 6.45) is 0.524. The van der Waals surface area contributed by atoms with Crippen molar-refractivity contribution in [2.75, 3.05) is 11.9 Å². The summed E-state index contributed by atoms with van der Waals surface area (Å²) < 4.78 is 12.8. The van der Waals surface area contributed by atoms with Crippen LogP contribution in [0.25, 0.3) is 0 Å². The van der Waals surface area contributed by atoms with Crippen LogP contribution in [-0.4, -0.2) is 17.5 Å². The molecule has 0 fully saturated rings. The Morgan fingerprint density at radius 2 is 1.91 bits per heavy atom. The van der Waals surface area contributed by atoms with Crippen molar-refractivity contribution in [3.8, 4) is 0 Å². The first kappa shape index (κ1) is 16.7. The largest absolute Gasteiger partial charge is 0.338 e. The summed E-state index contributed by atoms with van der Waals surface area (Å²) in [5.74, 6) is -0.320. The molecule has 2 aromatic rings. The molecule has 2 rings (SSSR count). The monoisotopic (exact) mass is 337 g/mol. The second-order valence-electron chi connectivity index (χ2n) is 4.68. The molecule has 0 aliphatic rings. The summed E-state index contributed by atoms with van der Waals surface area (Å²) >= 11 is 5.89. The maximum Gasteiger partial charge on any atom is 0.319 e. The summed E-state index contributed by atoms with van der Waals surface area (Å²) in [4.78, 5) is 21.9. The highest BCUT2D eigenvalue weighted by molar-refractivity contribution is 6.33. The molecule has 0 saturated heterocycles. The minimum atomic E-state index is -0.575. The number of nitro benzene ring substituents is 1. The van der Waals surface area contributed by atoms with Gasteiger partial charge in [0.05, 0.1) is 15.6 Å². The van der Waals surface area contributed by atoms with Gasteiger partial charge in [0.15, 0.2) is 0 Å². The van der Waals surface area contributed by atoms with Crippen LogP contribution in [0.2, 0.25) is 5.02 Å². The van der Waals surface area contributed by atoms with Crippen molar-refractivity contribution in [3.63, 3.8) is 0 Å². The Bertz CT molecular complexity index is 722. The number of anilines is 1. The lowest BCUT2D eigenvalue weighted by atomic mass is 10.1. The van der Waals surface area contributed by atoms with Crippen LogP contribution in [0, 0.1) is 15.9 Å². The van der Waals surface area contributed by atoms with E-state index in [1.54, 1.807) is 12.1 Å². The first-order valence-electron chi connectivity index (χ1n) is 6.69. The quantitative estimate of drug-likeness (QED) is 0.643. The molecule has 0 bridgehead atoms. The number of amides is 2. The molecule has 120 valence electrons. The van der Waals surface area contributed by atoms with Crippen LogP contribution < -0.4 is 10.6 Å².